The van der Waals surface area contributed by atoms with Crippen LogP contribution in [0.25, 0.3) is 0 Å². The maximum atomic E-state index is 13.7. The highest BCUT2D eigenvalue weighted by molar-refractivity contribution is 6.03. The van der Waals surface area contributed by atoms with Crippen LogP contribution in [0.2, 0.25) is 0 Å². The molecular formula is C31H36N8O3. The van der Waals surface area contributed by atoms with Crippen molar-refractivity contribution in [2.24, 2.45) is 0 Å². The quantitative estimate of drug-likeness (QED) is 0.446. The van der Waals surface area contributed by atoms with E-state index in [4.69, 9.17) is 9.72 Å². The van der Waals surface area contributed by atoms with Gasteiger partial charge in [0.05, 0.1) is 25.4 Å². The van der Waals surface area contributed by atoms with Crippen LogP contribution in [0.15, 0.2) is 61.3 Å². The molecule has 1 N–H and O–H groups in total. The second-order valence-corrected chi connectivity index (χ2v) is 10.9. The lowest BCUT2D eigenvalue weighted by atomic mass is 9.93. The summed E-state index contributed by atoms with van der Waals surface area (Å²) in [6, 6.07) is 13.5. The van der Waals surface area contributed by atoms with Gasteiger partial charge in [-0.3, -0.25) is 9.69 Å². The molecule has 3 aliphatic heterocycles. The van der Waals surface area contributed by atoms with E-state index >= 15 is 0 Å². The van der Waals surface area contributed by atoms with E-state index in [0.717, 1.165) is 43.0 Å². The topological polar surface area (TPSA) is 97.4 Å². The molecule has 2 aromatic carbocycles. The Morgan fingerprint density at radius 3 is 2.55 bits per heavy atom. The number of aromatic nitrogens is 2. The molecule has 1 fully saturated rings. The number of anilines is 5. The molecule has 0 spiro atoms. The Hall–Kier alpha value is -4.64. The Morgan fingerprint density at radius 1 is 1.07 bits per heavy atom. The van der Waals surface area contributed by atoms with E-state index in [9.17, 15) is 9.59 Å². The number of amides is 3. The number of hydrogen-bond acceptors (Lipinski definition) is 8. The lowest BCUT2D eigenvalue weighted by molar-refractivity contribution is -0.114. The largest absolute Gasteiger partial charge is 0.495 e. The molecule has 3 amide bonds. The number of ether oxygens (including phenoxy) is 1. The van der Waals surface area contributed by atoms with Crippen molar-refractivity contribution in [2.45, 2.75) is 19.0 Å². The number of carbonyl (C=O) groups excluding carboxylic acids is 2. The van der Waals surface area contributed by atoms with Crippen LogP contribution >= 0.6 is 0 Å². The van der Waals surface area contributed by atoms with Crippen molar-refractivity contribution in [3.63, 3.8) is 0 Å². The number of piperazine rings is 1. The average Bonchev–Trinajstić information content (AvgIpc) is 3.02. The number of para-hydroxylation sites is 1. The summed E-state index contributed by atoms with van der Waals surface area (Å²) in [6.45, 7) is 8.59. The molecule has 11 heteroatoms. The van der Waals surface area contributed by atoms with Gasteiger partial charge in [0.1, 0.15) is 11.6 Å². The van der Waals surface area contributed by atoms with Crippen molar-refractivity contribution in [3.05, 3.63) is 72.4 Å². The van der Waals surface area contributed by atoms with Crippen LogP contribution in [0.3, 0.4) is 0 Å². The molecule has 3 aromatic rings. The van der Waals surface area contributed by atoms with E-state index < -0.39 is 0 Å². The van der Waals surface area contributed by atoms with E-state index in [1.54, 1.807) is 30.2 Å². The van der Waals surface area contributed by atoms with Crippen molar-refractivity contribution in [2.75, 3.05) is 73.9 Å². The minimum atomic E-state index is -0.247. The van der Waals surface area contributed by atoms with Gasteiger partial charge in [0, 0.05) is 68.5 Å². The van der Waals surface area contributed by atoms with E-state index in [2.05, 4.69) is 45.9 Å². The Kier molecular flexibility index (Phi) is 7.42. The number of likely N-dealkylation sites (N-methyl/N-ethyl adjacent to an activating group) is 1. The highest BCUT2D eigenvalue weighted by atomic mass is 16.5. The lowest BCUT2D eigenvalue weighted by Crippen LogP contribution is -2.49. The first kappa shape index (κ1) is 27.5. The Morgan fingerprint density at radius 2 is 1.83 bits per heavy atom. The maximum Gasteiger partial charge on any atom is 0.326 e. The Bertz CT molecular complexity index is 1500. The molecule has 1 atom stereocenters. The fourth-order valence-corrected chi connectivity index (χ4v) is 6.02. The molecule has 218 valence electrons. The molecule has 1 saturated heterocycles. The molecule has 42 heavy (non-hydrogen) atoms. The number of benzene rings is 2. The van der Waals surface area contributed by atoms with Crippen LogP contribution in [0, 0.1) is 0 Å². The van der Waals surface area contributed by atoms with Crippen molar-refractivity contribution in [3.8, 4) is 5.75 Å². The number of rotatable bonds is 6. The predicted octanol–water partition coefficient (Wildman–Crippen LogP) is 4.02. The van der Waals surface area contributed by atoms with Gasteiger partial charge < -0.3 is 29.7 Å². The number of nitrogens with one attached hydrogen (secondary N) is 1. The molecular weight excluding hydrogens is 532 g/mol. The molecule has 11 nitrogen and oxygen atoms in total. The lowest BCUT2D eigenvalue weighted by Gasteiger charge is -2.43. The number of fused-ring (bicyclic) bond motifs is 2. The highest BCUT2D eigenvalue weighted by Crippen LogP contribution is 2.45. The zero-order chi connectivity index (χ0) is 29.4. The number of carbonyl (C=O) groups is 2. The summed E-state index contributed by atoms with van der Waals surface area (Å²) in [5, 5.41) is 3.29. The molecule has 0 saturated carbocycles. The normalized spacial score (nSPS) is 18.8. The molecule has 3 aliphatic rings. The van der Waals surface area contributed by atoms with Gasteiger partial charge in [0.15, 0.2) is 0 Å². The Labute approximate surface area is 246 Å². The fraction of sp³-hybridized carbons (Fsp3) is 0.355. The Balaban J connectivity index is 1.21. The molecule has 4 heterocycles. The SMILES string of the molecule is C=CC(=O)N1CC[C@@H](N2Cc3cnc(Nc4ccc(N5CCN(C)CC5)cc4)nc3N(C)C2=O)c2cccc(OC)c21. The number of urea groups is 1. The van der Waals surface area contributed by atoms with Crippen LogP contribution in [0.4, 0.5) is 33.6 Å². The van der Waals surface area contributed by atoms with E-state index in [1.807, 2.05) is 35.2 Å². The van der Waals surface area contributed by atoms with Crippen LogP contribution < -0.4 is 24.8 Å². The van der Waals surface area contributed by atoms with Crippen molar-refractivity contribution < 1.29 is 14.3 Å². The molecule has 1 aromatic heterocycles. The molecule has 0 aliphatic carbocycles. The number of nitrogens with zero attached hydrogens (tertiary/aromatic N) is 7. The smallest absolute Gasteiger partial charge is 0.326 e. The summed E-state index contributed by atoms with van der Waals surface area (Å²) in [5.74, 6) is 1.39. The minimum Gasteiger partial charge on any atom is -0.495 e. The summed E-state index contributed by atoms with van der Waals surface area (Å²) in [5.41, 5.74) is 4.47. The van der Waals surface area contributed by atoms with Gasteiger partial charge in [-0.1, -0.05) is 18.7 Å². The molecule has 0 radical (unpaired) electrons. The van der Waals surface area contributed by atoms with Crippen molar-refractivity contribution in [1.82, 2.24) is 19.8 Å². The zero-order valence-corrected chi connectivity index (χ0v) is 24.3. The summed E-state index contributed by atoms with van der Waals surface area (Å²) in [6.07, 6.45) is 3.67. The monoisotopic (exact) mass is 568 g/mol. The van der Waals surface area contributed by atoms with Crippen LogP contribution in [0.1, 0.15) is 23.6 Å². The van der Waals surface area contributed by atoms with Gasteiger partial charge in [-0.2, -0.15) is 4.98 Å². The summed E-state index contributed by atoms with van der Waals surface area (Å²) >= 11 is 0. The standard InChI is InChI=1S/C31H36N8O3/c1-5-27(40)38-14-13-25(24-7-6-8-26(42-4)28(24)38)39-20-21-19-32-30(34-29(21)36(3)31(39)41)33-22-9-11-23(12-10-22)37-17-15-35(2)16-18-37/h5-12,19,25H,1,13-18,20H2,2-4H3,(H,32,33,34)/t25-/m1/s1. The van der Waals surface area contributed by atoms with Crippen LogP contribution in [-0.4, -0.2) is 85.6 Å². The van der Waals surface area contributed by atoms with Gasteiger partial charge in [-0.15, -0.1) is 0 Å². The molecule has 0 unspecified atom stereocenters. The summed E-state index contributed by atoms with van der Waals surface area (Å²) in [4.78, 5) is 45.5. The molecule has 6 rings (SSSR count). The predicted molar refractivity (Wildman–Crippen MR) is 164 cm³/mol. The van der Waals surface area contributed by atoms with Crippen LogP contribution in [-0.2, 0) is 11.3 Å². The van der Waals surface area contributed by atoms with Gasteiger partial charge in [0.25, 0.3) is 0 Å². The highest BCUT2D eigenvalue weighted by Gasteiger charge is 2.39. The summed E-state index contributed by atoms with van der Waals surface area (Å²) < 4.78 is 5.61. The van der Waals surface area contributed by atoms with Gasteiger partial charge in [0.2, 0.25) is 11.9 Å². The molecule has 0 bridgehead atoms. The minimum absolute atomic E-state index is 0.161. The first-order valence-corrected chi connectivity index (χ1v) is 14.2. The van der Waals surface area contributed by atoms with Gasteiger partial charge in [-0.05, 0) is 49.9 Å². The maximum absolute atomic E-state index is 13.7. The first-order valence-electron chi connectivity index (χ1n) is 14.2. The third kappa shape index (κ3) is 5.00. The fourth-order valence-electron chi connectivity index (χ4n) is 6.02. The number of hydrogen-bond donors (Lipinski definition) is 1. The third-order valence-electron chi connectivity index (χ3n) is 8.35. The second-order valence-electron chi connectivity index (χ2n) is 10.9. The third-order valence-corrected chi connectivity index (χ3v) is 8.35. The number of methoxy groups -OCH3 is 1. The van der Waals surface area contributed by atoms with Gasteiger partial charge in [-0.25, -0.2) is 9.78 Å². The van der Waals surface area contributed by atoms with Crippen LogP contribution in [0.5, 0.6) is 5.75 Å². The van der Waals surface area contributed by atoms with Crippen molar-refractivity contribution in [1.29, 1.82) is 0 Å². The van der Waals surface area contributed by atoms with Gasteiger partial charge >= 0.3 is 6.03 Å². The summed E-state index contributed by atoms with van der Waals surface area (Å²) in [7, 11) is 5.47. The van der Waals surface area contributed by atoms with E-state index in [-0.39, 0.29) is 18.0 Å². The first-order chi connectivity index (χ1) is 20.4. The second kappa shape index (κ2) is 11.3. The van der Waals surface area contributed by atoms with E-state index in [0.29, 0.717) is 42.7 Å². The zero-order valence-electron chi connectivity index (χ0n) is 24.3. The van der Waals surface area contributed by atoms with Crippen molar-refractivity contribution >= 4 is 40.8 Å². The average molecular weight is 569 g/mol. The van der Waals surface area contributed by atoms with E-state index in [1.165, 1.54) is 11.8 Å².